The summed E-state index contributed by atoms with van der Waals surface area (Å²) in [5.41, 5.74) is 3.84. The molecule has 2 aromatic rings. The van der Waals surface area contributed by atoms with Gasteiger partial charge in [0.05, 0.1) is 12.9 Å². The first-order chi connectivity index (χ1) is 8.86. The Morgan fingerprint density at radius 1 is 0.944 bits per heavy atom. The van der Waals surface area contributed by atoms with Gasteiger partial charge >= 0.3 is 0 Å². The summed E-state index contributed by atoms with van der Waals surface area (Å²) in [6.45, 7) is 2.85. The molecule has 1 nitrogen and oxygen atoms in total. The van der Waals surface area contributed by atoms with Crippen LogP contribution in [0.2, 0.25) is 0 Å². The smallest absolute Gasteiger partial charge is 0.0913 e. The fourth-order valence-corrected chi connectivity index (χ4v) is 1.82. The van der Waals surface area contributed by atoms with Gasteiger partial charge < -0.3 is 4.74 Å². The van der Waals surface area contributed by atoms with Gasteiger partial charge in [-0.1, -0.05) is 54.6 Å². The maximum Gasteiger partial charge on any atom is 0.0913 e. The first-order valence-electron chi connectivity index (χ1n) is 6.24. The monoisotopic (exact) mass is 238 g/mol. The van der Waals surface area contributed by atoms with E-state index in [0.717, 1.165) is 12.0 Å². The molecular weight excluding hydrogens is 220 g/mol. The fourth-order valence-electron chi connectivity index (χ4n) is 1.82. The minimum Gasteiger partial charge on any atom is -0.501 e. The Labute approximate surface area is 109 Å². The van der Waals surface area contributed by atoms with Crippen LogP contribution in [0.3, 0.4) is 0 Å². The van der Waals surface area contributed by atoms with E-state index in [-0.39, 0.29) is 0 Å². The van der Waals surface area contributed by atoms with E-state index in [2.05, 4.69) is 43.3 Å². The highest BCUT2D eigenvalue weighted by molar-refractivity contribution is 5.47. The molecule has 0 radical (unpaired) electrons. The van der Waals surface area contributed by atoms with Crippen LogP contribution in [-0.2, 0) is 11.2 Å². The Morgan fingerprint density at radius 2 is 1.67 bits per heavy atom. The largest absolute Gasteiger partial charge is 0.501 e. The van der Waals surface area contributed by atoms with Gasteiger partial charge in [0.15, 0.2) is 0 Å². The first kappa shape index (κ1) is 12.4. The second-order valence-corrected chi connectivity index (χ2v) is 4.26. The summed E-state index contributed by atoms with van der Waals surface area (Å²) in [5.74, 6) is 0. The Bertz CT molecular complexity index is 500. The van der Waals surface area contributed by atoms with Crippen molar-refractivity contribution in [1.82, 2.24) is 0 Å². The third-order valence-electron chi connectivity index (χ3n) is 2.91. The molecule has 2 rings (SSSR count). The van der Waals surface area contributed by atoms with Crippen LogP contribution >= 0.6 is 0 Å². The molecule has 0 saturated carbocycles. The third kappa shape index (κ3) is 3.77. The SMILES string of the molecule is Cc1ccccc1CCOC=Cc1ccccc1. The first-order valence-corrected chi connectivity index (χ1v) is 6.24. The minimum absolute atomic E-state index is 0.716. The standard InChI is InChI=1S/C17H18O/c1-15-7-5-6-10-17(15)12-14-18-13-11-16-8-3-2-4-9-16/h2-11,13H,12,14H2,1H3. The van der Waals surface area contributed by atoms with Crippen molar-refractivity contribution in [3.05, 3.63) is 77.5 Å². The highest BCUT2D eigenvalue weighted by atomic mass is 16.5. The predicted molar refractivity (Wildman–Crippen MR) is 76.3 cm³/mol. The minimum atomic E-state index is 0.716. The molecule has 0 aliphatic heterocycles. The van der Waals surface area contributed by atoms with E-state index >= 15 is 0 Å². The van der Waals surface area contributed by atoms with Crippen molar-refractivity contribution in [2.45, 2.75) is 13.3 Å². The molecule has 0 bridgehead atoms. The van der Waals surface area contributed by atoms with Crippen molar-refractivity contribution >= 4 is 6.08 Å². The Morgan fingerprint density at radius 3 is 2.44 bits per heavy atom. The molecule has 92 valence electrons. The van der Waals surface area contributed by atoms with Gasteiger partial charge in [0.1, 0.15) is 0 Å². The zero-order chi connectivity index (χ0) is 12.6. The van der Waals surface area contributed by atoms with Crippen LogP contribution in [-0.4, -0.2) is 6.61 Å². The maximum atomic E-state index is 5.52. The van der Waals surface area contributed by atoms with E-state index in [4.69, 9.17) is 4.74 Å². The molecule has 18 heavy (non-hydrogen) atoms. The molecule has 0 atom stereocenters. The van der Waals surface area contributed by atoms with Gasteiger partial charge in [0.2, 0.25) is 0 Å². The molecule has 0 unspecified atom stereocenters. The van der Waals surface area contributed by atoms with Crippen molar-refractivity contribution < 1.29 is 4.74 Å². The van der Waals surface area contributed by atoms with E-state index in [1.165, 1.54) is 11.1 Å². The topological polar surface area (TPSA) is 9.23 Å². The fraction of sp³-hybridized carbons (Fsp3) is 0.176. The quantitative estimate of drug-likeness (QED) is 0.559. The van der Waals surface area contributed by atoms with Gasteiger partial charge in [-0.25, -0.2) is 0 Å². The average molecular weight is 238 g/mol. The summed E-state index contributed by atoms with van der Waals surface area (Å²) in [7, 11) is 0. The number of hydrogen-bond donors (Lipinski definition) is 0. The van der Waals surface area contributed by atoms with E-state index in [1.807, 2.05) is 24.3 Å². The van der Waals surface area contributed by atoms with Crippen molar-refractivity contribution in [3.63, 3.8) is 0 Å². The van der Waals surface area contributed by atoms with Crippen molar-refractivity contribution in [2.75, 3.05) is 6.61 Å². The molecule has 0 N–H and O–H groups in total. The van der Waals surface area contributed by atoms with Crippen LogP contribution in [0.5, 0.6) is 0 Å². The highest BCUT2D eigenvalue weighted by Crippen LogP contribution is 2.08. The van der Waals surface area contributed by atoms with Crippen LogP contribution in [0, 0.1) is 6.92 Å². The summed E-state index contributed by atoms with van der Waals surface area (Å²) in [5, 5.41) is 0. The van der Waals surface area contributed by atoms with Gasteiger partial charge in [-0.05, 0) is 29.7 Å². The predicted octanol–water partition coefficient (Wildman–Crippen LogP) is 4.23. The van der Waals surface area contributed by atoms with E-state index in [1.54, 1.807) is 6.26 Å². The zero-order valence-corrected chi connectivity index (χ0v) is 10.7. The molecule has 1 heteroatoms. The Hall–Kier alpha value is -2.02. The van der Waals surface area contributed by atoms with Crippen molar-refractivity contribution in [3.8, 4) is 0 Å². The molecule has 0 amide bonds. The Balaban J connectivity index is 1.77. The number of aryl methyl sites for hydroxylation is 1. The molecule has 0 aliphatic carbocycles. The lowest BCUT2D eigenvalue weighted by Gasteiger charge is -2.04. The lowest BCUT2D eigenvalue weighted by Crippen LogP contribution is -1.95. The van der Waals surface area contributed by atoms with Crippen LogP contribution in [0.15, 0.2) is 60.9 Å². The van der Waals surface area contributed by atoms with Gasteiger partial charge in [-0.15, -0.1) is 0 Å². The summed E-state index contributed by atoms with van der Waals surface area (Å²) >= 11 is 0. The lowest BCUT2D eigenvalue weighted by atomic mass is 10.1. The molecule has 2 aromatic carbocycles. The number of hydrogen-bond acceptors (Lipinski definition) is 1. The third-order valence-corrected chi connectivity index (χ3v) is 2.91. The normalized spacial score (nSPS) is 10.7. The van der Waals surface area contributed by atoms with Crippen LogP contribution in [0.25, 0.3) is 6.08 Å². The summed E-state index contributed by atoms with van der Waals surface area (Å²) in [4.78, 5) is 0. The number of rotatable bonds is 5. The van der Waals surface area contributed by atoms with Gasteiger partial charge in [-0.3, -0.25) is 0 Å². The van der Waals surface area contributed by atoms with Crippen LogP contribution < -0.4 is 0 Å². The summed E-state index contributed by atoms with van der Waals surface area (Å²) < 4.78 is 5.52. The molecule has 0 fully saturated rings. The van der Waals surface area contributed by atoms with E-state index in [9.17, 15) is 0 Å². The molecule has 0 aromatic heterocycles. The molecule has 0 heterocycles. The van der Waals surface area contributed by atoms with Crippen molar-refractivity contribution in [2.24, 2.45) is 0 Å². The maximum absolute atomic E-state index is 5.52. The van der Waals surface area contributed by atoms with Crippen LogP contribution in [0.4, 0.5) is 0 Å². The molecule has 0 aliphatic rings. The summed E-state index contributed by atoms with van der Waals surface area (Å²) in [6.07, 6.45) is 4.71. The van der Waals surface area contributed by atoms with Crippen LogP contribution in [0.1, 0.15) is 16.7 Å². The van der Waals surface area contributed by atoms with Crippen molar-refractivity contribution in [1.29, 1.82) is 0 Å². The van der Waals surface area contributed by atoms with E-state index < -0.39 is 0 Å². The number of benzene rings is 2. The lowest BCUT2D eigenvalue weighted by molar-refractivity contribution is 0.256. The molecular formula is C17H18O. The second kappa shape index (κ2) is 6.65. The highest BCUT2D eigenvalue weighted by Gasteiger charge is 1.95. The molecule has 0 saturated heterocycles. The summed E-state index contributed by atoms with van der Waals surface area (Å²) in [6, 6.07) is 18.6. The Kier molecular flexibility index (Phi) is 4.60. The zero-order valence-electron chi connectivity index (χ0n) is 10.7. The molecule has 0 spiro atoms. The van der Waals surface area contributed by atoms with E-state index in [0.29, 0.717) is 6.61 Å². The number of ether oxygens (including phenoxy) is 1. The van der Waals surface area contributed by atoms with Gasteiger partial charge in [0, 0.05) is 6.42 Å². The average Bonchev–Trinajstić information content (AvgIpc) is 2.42. The van der Waals surface area contributed by atoms with Gasteiger partial charge in [-0.2, -0.15) is 0 Å². The second-order valence-electron chi connectivity index (χ2n) is 4.26. The van der Waals surface area contributed by atoms with Gasteiger partial charge in [0.25, 0.3) is 0 Å².